The number of carbonyl (C=O) groups is 1. The van der Waals surface area contributed by atoms with Gasteiger partial charge in [0.2, 0.25) is 0 Å². The second kappa shape index (κ2) is 6.79. The molecule has 25 heavy (non-hydrogen) atoms. The molecule has 4 nitrogen and oxygen atoms in total. The first kappa shape index (κ1) is 18.8. The van der Waals surface area contributed by atoms with Crippen LogP contribution in [0.3, 0.4) is 0 Å². The molecule has 10 heteroatoms. The van der Waals surface area contributed by atoms with Crippen molar-refractivity contribution in [1.29, 1.82) is 0 Å². The highest BCUT2D eigenvalue weighted by molar-refractivity contribution is 5.94. The van der Waals surface area contributed by atoms with Gasteiger partial charge in [-0.15, -0.1) is 0 Å². The molecule has 0 aliphatic heterocycles. The Labute approximate surface area is 137 Å². The highest BCUT2D eigenvalue weighted by Gasteiger charge is 2.76. The van der Waals surface area contributed by atoms with Crippen LogP contribution in [0.5, 0.6) is 0 Å². The van der Waals surface area contributed by atoms with Gasteiger partial charge in [0.25, 0.3) is 5.91 Å². The third-order valence-electron chi connectivity index (χ3n) is 3.43. The number of carbonyl (C=O) groups excluding carboxylic acids is 1. The van der Waals surface area contributed by atoms with E-state index < -0.39 is 30.5 Å². The van der Waals surface area contributed by atoms with Gasteiger partial charge in [-0.2, -0.15) is 26.3 Å². The zero-order valence-electron chi connectivity index (χ0n) is 12.5. The van der Waals surface area contributed by atoms with Crippen LogP contribution in [-0.2, 0) is 6.54 Å². The van der Waals surface area contributed by atoms with Gasteiger partial charge in [-0.05, 0) is 24.3 Å². The highest BCUT2D eigenvalue weighted by Crippen LogP contribution is 2.38. The third kappa shape index (κ3) is 3.95. The first-order chi connectivity index (χ1) is 11.6. The third-order valence-corrected chi connectivity index (χ3v) is 3.43. The zero-order valence-corrected chi connectivity index (χ0v) is 12.5. The molecule has 2 rings (SSSR count). The first-order valence-corrected chi connectivity index (χ1v) is 6.94. The summed E-state index contributed by atoms with van der Waals surface area (Å²) in [5.41, 5.74) is -4.84. The normalized spacial score (nSPS) is 12.9. The Bertz CT molecular complexity index is 681. The van der Waals surface area contributed by atoms with Crippen molar-refractivity contribution in [2.75, 3.05) is 0 Å². The molecule has 1 aromatic heterocycles. The van der Waals surface area contributed by atoms with Crippen LogP contribution in [0.2, 0.25) is 0 Å². The average molecular weight is 367 g/mol. The van der Waals surface area contributed by atoms with Crippen LogP contribution in [0.4, 0.5) is 26.3 Å². The fraction of sp³-hybridized carbons (Fsp3) is 0.267. The van der Waals surface area contributed by atoms with Crippen molar-refractivity contribution in [3.8, 4) is 0 Å². The standard InChI is InChI=1S/C15H12F6N2O2/c16-14(17,18)13(15(19,20)21,22-9-11-7-4-8-25-11)23-12(24)10-5-2-1-3-6-10/h1-8,22H,9H2,(H,23,24)/p+1. The maximum atomic E-state index is 13.4. The molecule has 0 radical (unpaired) electrons. The molecule has 0 aliphatic rings. The molecule has 0 fully saturated rings. The number of alkyl halides is 6. The quantitative estimate of drug-likeness (QED) is 0.631. The number of hydrogen-bond acceptors (Lipinski definition) is 2. The Morgan fingerprint density at radius 3 is 2.04 bits per heavy atom. The Balaban J connectivity index is 2.37. The number of benzene rings is 1. The number of nitrogens with one attached hydrogen (secondary N) is 1. The van der Waals surface area contributed by atoms with Gasteiger partial charge in [-0.3, -0.25) is 10.1 Å². The lowest BCUT2D eigenvalue weighted by Crippen LogP contribution is -3.07. The molecule has 136 valence electrons. The van der Waals surface area contributed by atoms with E-state index in [2.05, 4.69) is 0 Å². The van der Waals surface area contributed by atoms with Crippen molar-refractivity contribution in [3.63, 3.8) is 0 Å². The lowest BCUT2D eigenvalue weighted by Gasteiger charge is -2.34. The van der Waals surface area contributed by atoms with Gasteiger partial charge in [0, 0.05) is 5.56 Å². The van der Waals surface area contributed by atoms with Crippen molar-refractivity contribution < 1.29 is 40.9 Å². The average Bonchev–Trinajstić information content (AvgIpc) is 3.03. The highest BCUT2D eigenvalue weighted by atomic mass is 19.4. The Hall–Kier alpha value is -2.49. The van der Waals surface area contributed by atoms with Crippen LogP contribution < -0.4 is 10.6 Å². The van der Waals surface area contributed by atoms with E-state index in [0.29, 0.717) is 0 Å². The summed E-state index contributed by atoms with van der Waals surface area (Å²) < 4.78 is 85.0. The predicted octanol–water partition coefficient (Wildman–Crippen LogP) is 2.59. The number of amides is 1. The van der Waals surface area contributed by atoms with Crippen molar-refractivity contribution in [2.45, 2.75) is 24.6 Å². The van der Waals surface area contributed by atoms with E-state index in [1.807, 2.05) is 0 Å². The minimum atomic E-state index is -5.80. The van der Waals surface area contributed by atoms with Crippen molar-refractivity contribution in [2.24, 2.45) is 0 Å². The molecule has 0 spiro atoms. The monoisotopic (exact) mass is 367 g/mol. The summed E-state index contributed by atoms with van der Waals surface area (Å²) in [4.78, 5) is 12.0. The maximum Gasteiger partial charge on any atom is 0.475 e. The van der Waals surface area contributed by atoms with Crippen LogP contribution in [0, 0.1) is 0 Å². The van der Waals surface area contributed by atoms with Gasteiger partial charge in [0.1, 0.15) is 6.54 Å². The SMILES string of the molecule is O=C(NC([NH2+]Cc1ccco1)(C(F)(F)F)C(F)(F)F)c1ccccc1. The molecule has 3 N–H and O–H groups in total. The number of hydrogen-bond donors (Lipinski definition) is 2. The lowest BCUT2D eigenvalue weighted by atomic mass is 10.1. The van der Waals surface area contributed by atoms with Crippen LogP contribution in [0.15, 0.2) is 53.1 Å². The van der Waals surface area contributed by atoms with E-state index in [4.69, 9.17) is 4.42 Å². The Morgan fingerprint density at radius 2 is 1.56 bits per heavy atom. The van der Waals surface area contributed by atoms with Gasteiger partial charge in [0.15, 0.2) is 5.76 Å². The molecule has 1 heterocycles. The summed E-state index contributed by atoms with van der Waals surface area (Å²) in [5.74, 6) is -1.60. The summed E-state index contributed by atoms with van der Waals surface area (Å²) in [7, 11) is 0. The van der Waals surface area contributed by atoms with E-state index in [9.17, 15) is 31.1 Å². The summed E-state index contributed by atoms with van der Waals surface area (Å²) in [6, 6.07) is 8.90. The fourth-order valence-corrected chi connectivity index (χ4v) is 2.11. The van der Waals surface area contributed by atoms with E-state index in [-0.39, 0.29) is 16.6 Å². The molecule has 1 amide bonds. The zero-order chi connectivity index (χ0) is 18.7. The fourth-order valence-electron chi connectivity index (χ4n) is 2.11. The van der Waals surface area contributed by atoms with E-state index in [0.717, 1.165) is 23.7 Å². The van der Waals surface area contributed by atoms with Gasteiger partial charge in [-0.1, -0.05) is 18.2 Å². The Kier molecular flexibility index (Phi) is 5.12. The van der Waals surface area contributed by atoms with E-state index >= 15 is 0 Å². The molecule has 1 aromatic carbocycles. The predicted molar refractivity (Wildman–Crippen MR) is 73.1 cm³/mol. The second-order valence-corrected chi connectivity index (χ2v) is 5.11. The van der Waals surface area contributed by atoms with Crippen molar-refractivity contribution >= 4 is 5.91 Å². The van der Waals surface area contributed by atoms with Crippen molar-refractivity contribution in [3.05, 3.63) is 60.1 Å². The smallest absolute Gasteiger partial charge is 0.463 e. The summed E-state index contributed by atoms with van der Waals surface area (Å²) in [6.07, 6.45) is -10.5. The van der Waals surface area contributed by atoms with Crippen LogP contribution in [-0.4, -0.2) is 23.9 Å². The van der Waals surface area contributed by atoms with Gasteiger partial charge in [0.05, 0.1) is 6.26 Å². The minimum Gasteiger partial charge on any atom is -0.463 e. The summed E-state index contributed by atoms with van der Waals surface area (Å²) >= 11 is 0. The molecule has 0 saturated heterocycles. The molecule has 0 aliphatic carbocycles. The van der Waals surface area contributed by atoms with Gasteiger partial charge >= 0.3 is 18.0 Å². The first-order valence-electron chi connectivity index (χ1n) is 6.94. The minimum absolute atomic E-state index is 0.0489. The number of furan rings is 1. The van der Waals surface area contributed by atoms with Crippen LogP contribution in [0.25, 0.3) is 0 Å². The maximum absolute atomic E-state index is 13.4. The van der Waals surface area contributed by atoms with E-state index in [1.54, 1.807) is 0 Å². The molecule has 0 unspecified atom stereocenters. The summed E-state index contributed by atoms with van der Waals surface area (Å²) in [6.45, 7) is -0.777. The summed E-state index contributed by atoms with van der Waals surface area (Å²) in [5, 5.41) is 1.05. The van der Waals surface area contributed by atoms with Crippen molar-refractivity contribution in [1.82, 2.24) is 5.32 Å². The lowest BCUT2D eigenvalue weighted by molar-refractivity contribution is -0.797. The van der Waals surface area contributed by atoms with Crippen LogP contribution >= 0.6 is 0 Å². The van der Waals surface area contributed by atoms with Gasteiger partial charge in [-0.25, -0.2) is 0 Å². The number of quaternary nitrogens is 1. The largest absolute Gasteiger partial charge is 0.475 e. The van der Waals surface area contributed by atoms with Gasteiger partial charge < -0.3 is 9.73 Å². The number of rotatable bonds is 5. The van der Waals surface area contributed by atoms with E-state index in [1.165, 1.54) is 30.3 Å². The molecular formula is C15H13F6N2O2+. The molecule has 0 saturated carbocycles. The Morgan fingerprint density at radius 1 is 0.960 bits per heavy atom. The molecule has 0 atom stereocenters. The second-order valence-electron chi connectivity index (χ2n) is 5.11. The molecular weight excluding hydrogens is 354 g/mol. The molecule has 2 aromatic rings. The molecule has 0 bridgehead atoms. The number of nitrogens with two attached hydrogens (primary N) is 1. The van der Waals surface area contributed by atoms with Crippen LogP contribution in [0.1, 0.15) is 16.1 Å². The number of halogens is 6. The topological polar surface area (TPSA) is 58.9 Å².